The van der Waals surface area contributed by atoms with Crippen LogP contribution in [0, 0.1) is 0 Å². The number of aromatic carboxylic acids is 1. The summed E-state index contributed by atoms with van der Waals surface area (Å²) in [7, 11) is 0. The fourth-order valence-corrected chi connectivity index (χ4v) is 1.29. The molecule has 2 heterocycles. The number of hydrogen-bond acceptors (Lipinski definition) is 5. The molecule has 0 saturated carbocycles. The Bertz CT molecular complexity index is 496. The fraction of sp³-hybridized carbons (Fsp3) is 0.182. The molecule has 0 aromatic carbocycles. The van der Waals surface area contributed by atoms with Crippen LogP contribution < -0.4 is 5.32 Å². The van der Waals surface area contributed by atoms with E-state index in [0.717, 1.165) is 5.69 Å². The second kappa shape index (κ2) is 5.22. The second-order valence-corrected chi connectivity index (χ2v) is 3.35. The number of aromatic nitrogens is 2. The van der Waals surface area contributed by atoms with E-state index in [1.165, 1.54) is 6.20 Å². The summed E-state index contributed by atoms with van der Waals surface area (Å²) >= 11 is 0. The summed E-state index contributed by atoms with van der Waals surface area (Å²) in [5, 5.41) is 11.7. The minimum atomic E-state index is -1.12. The summed E-state index contributed by atoms with van der Waals surface area (Å²) in [4.78, 5) is 18.5. The third-order valence-corrected chi connectivity index (χ3v) is 2.07. The largest absolute Gasteiger partial charge is 0.475 e. The number of rotatable bonds is 5. The number of hydrogen-bond donors (Lipinski definition) is 2. The van der Waals surface area contributed by atoms with Gasteiger partial charge in [-0.1, -0.05) is 6.07 Å². The zero-order chi connectivity index (χ0) is 12.1. The molecule has 0 radical (unpaired) electrons. The lowest BCUT2D eigenvalue weighted by Gasteiger charge is -2.00. The first-order valence-corrected chi connectivity index (χ1v) is 5.04. The molecule has 17 heavy (non-hydrogen) atoms. The molecule has 0 aliphatic rings. The standard InChI is InChI=1S/C11H11N3O3/c15-11(16)9-6-14-10(17-9)7-12-5-8-3-1-2-4-13-8/h1-4,6,12H,5,7H2,(H,15,16). The number of carboxylic acids is 1. The van der Waals surface area contributed by atoms with Gasteiger partial charge in [-0.25, -0.2) is 9.78 Å². The van der Waals surface area contributed by atoms with Crippen molar-refractivity contribution in [1.82, 2.24) is 15.3 Å². The first-order chi connectivity index (χ1) is 8.25. The summed E-state index contributed by atoms with van der Waals surface area (Å²) in [6, 6.07) is 5.64. The van der Waals surface area contributed by atoms with Crippen molar-refractivity contribution in [2.75, 3.05) is 0 Å². The van der Waals surface area contributed by atoms with Gasteiger partial charge in [0.1, 0.15) is 0 Å². The van der Waals surface area contributed by atoms with Crippen molar-refractivity contribution in [2.24, 2.45) is 0 Å². The molecule has 0 atom stereocenters. The number of nitrogens with one attached hydrogen (secondary N) is 1. The number of carbonyl (C=O) groups is 1. The van der Waals surface area contributed by atoms with Gasteiger partial charge in [0.05, 0.1) is 18.4 Å². The fourth-order valence-electron chi connectivity index (χ4n) is 1.29. The maximum atomic E-state index is 10.5. The van der Waals surface area contributed by atoms with Crippen molar-refractivity contribution >= 4 is 5.97 Å². The van der Waals surface area contributed by atoms with Crippen molar-refractivity contribution in [3.8, 4) is 0 Å². The van der Waals surface area contributed by atoms with Crippen molar-refractivity contribution in [3.63, 3.8) is 0 Å². The van der Waals surface area contributed by atoms with Crippen LogP contribution in [0.15, 0.2) is 35.0 Å². The molecule has 0 bridgehead atoms. The van der Waals surface area contributed by atoms with Crippen LogP contribution in [0.5, 0.6) is 0 Å². The van der Waals surface area contributed by atoms with Crippen molar-refractivity contribution in [3.05, 3.63) is 47.9 Å². The number of oxazole rings is 1. The molecule has 0 unspecified atom stereocenters. The third-order valence-electron chi connectivity index (χ3n) is 2.07. The highest BCUT2D eigenvalue weighted by molar-refractivity contribution is 5.83. The van der Waals surface area contributed by atoms with E-state index in [0.29, 0.717) is 19.0 Å². The molecule has 0 saturated heterocycles. The Kier molecular flexibility index (Phi) is 3.46. The summed E-state index contributed by atoms with van der Waals surface area (Å²) < 4.78 is 4.99. The van der Waals surface area contributed by atoms with E-state index in [1.54, 1.807) is 6.20 Å². The Balaban J connectivity index is 1.84. The van der Waals surface area contributed by atoms with Crippen LogP contribution in [0.2, 0.25) is 0 Å². The van der Waals surface area contributed by atoms with E-state index in [9.17, 15) is 4.79 Å². The molecule has 0 aliphatic heterocycles. The Morgan fingerprint density at radius 1 is 1.35 bits per heavy atom. The lowest BCUT2D eigenvalue weighted by atomic mass is 10.3. The highest BCUT2D eigenvalue weighted by Crippen LogP contribution is 2.03. The quantitative estimate of drug-likeness (QED) is 0.802. The first kappa shape index (κ1) is 11.3. The summed E-state index contributed by atoms with van der Waals surface area (Å²) in [5.41, 5.74) is 0.900. The Hall–Kier alpha value is -2.21. The van der Waals surface area contributed by atoms with Gasteiger partial charge in [-0.15, -0.1) is 0 Å². The Morgan fingerprint density at radius 2 is 2.24 bits per heavy atom. The van der Waals surface area contributed by atoms with E-state index >= 15 is 0 Å². The SMILES string of the molecule is O=C(O)c1cnc(CNCc2ccccn2)o1. The summed E-state index contributed by atoms with van der Waals surface area (Å²) in [6.07, 6.45) is 2.91. The zero-order valence-electron chi connectivity index (χ0n) is 8.96. The van der Waals surface area contributed by atoms with Crippen LogP contribution >= 0.6 is 0 Å². The van der Waals surface area contributed by atoms with E-state index in [-0.39, 0.29) is 5.76 Å². The minimum absolute atomic E-state index is 0.153. The molecule has 6 nitrogen and oxygen atoms in total. The average molecular weight is 233 g/mol. The van der Waals surface area contributed by atoms with Gasteiger partial charge in [0, 0.05) is 12.7 Å². The van der Waals surface area contributed by atoms with Gasteiger partial charge in [0.25, 0.3) is 0 Å². The third kappa shape index (κ3) is 3.12. The molecule has 2 N–H and O–H groups in total. The predicted molar refractivity (Wildman–Crippen MR) is 58.2 cm³/mol. The number of nitrogens with zero attached hydrogens (tertiary/aromatic N) is 2. The molecule has 88 valence electrons. The van der Waals surface area contributed by atoms with Crippen LogP contribution in [0.25, 0.3) is 0 Å². The van der Waals surface area contributed by atoms with Crippen LogP contribution in [0.1, 0.15) is 22.1 Å². The molecule has 0 amide bonds. The van der Waals surface area contributed by atoms with Crippen LogP contribution in [-0.2, 0) is 13.1 Å². The lowest BCUT2D eigenvalue weighted by molar-refractivity contribution is 0.0660. The van der Waals surface area contributed by atoms with E-state index < -0.39 is 5.97 Å². The highest BCUT2D eigenvalue weighted by atomic mass is 16.4. The lowest BCUT2D eigenvalue weighted by Crippen LogP contribution is -2.13. The highest BCUT2D eigenvalue weighted by Gasteiger charge is 2.09. The Labute approximate surface area is 97.3 Å². The van der Waals surface area contributed by atoms with Crippen LogP contribution in [0.3, 0.4) is 0 Å². The molecule has 2 aromatic rings. The van der Waals surface area contributed by atoms with Gasteiger partial charge in [-0.3, -0.25) is 4.98 Å². The van der Waals surface area contributed by atoms with Crippen molar-refractivity contribution < 1.29 is 14.3 Å². The zero-order valence-corrected chi connectivity index (χ0v) is 8.96. The molecule has 0 spiro atoms. The maximum Gasteiger partial charge on any atom is 0.373 e. The van der Waals surface area contributed by atoms with Gasteiger partial charge in [0.15, 0.2) is 0 Å². The smallest absolute Gasteiger partial charge is 0.373 e. The molecule has 2 aromatic heterocycles. The van der Waals surface area contributed by atoms with Gasteiger partial charge in [-0.05, 0) is 12.1 Å². The van der Waals surface area contributed by atoms with E-state index in [2.05, 4.69) is 15.3 Å². The molecular formula is C11H11N3O3. The molecular weight excluding hydrogens is 222 g/mol. The average Bonchev–Trinajstić information content (AvgIpc) is 2.79. The maximum absolute atomic E-state index is 10.5. The molecule has 2 rings (SSSR count). The van der Waals surface area contributed by atoms with Crippen molar-refractivity contribution in [2.45, 2.75) is 13.1 Å². The van der Waals surface area contributed by atoms with Gasteiger partial charge in [0.2, 0.25) is 11.7 Å². The van der Waals surface area contributed by atoms with Gasteiger partial charge >= 0.3 is 5.97 Å². The second-order valence-electron chi connectivity index (χ2n) is 3.35. The Morgan fingerprint density at radius 3 is 2.88 bits per heavy atom. The monoisotopic (exact) mass is 233 g/mol. The number of pyridine rings is 1. The summed E-state index contributed by atoms with van der Waals surface area (Å²) in [6.45, 7) is 0.940. The van der Waals surface area contributed by atoms with Crippen LogP contribution in [0.4, 0.5) is 0 Å². The van der Waals surface area contributed by atoms with E-state index in [4.69, 9.17) is 9.52 Å². The van der Waals surface area contributed by atoms with Crippen molar-refractivity contribution in [1.29, 1.82) is 0 Å². The molecule has 0 fully saturated rings. The van der Waals surface area contributed by atoms with Gasteiger partial charge in [-0.2, -0.15) is 0 Å². The predicted octanol–water partition coefficient (Wildman–Crippen LogP) is 1.06. The first-order valence-electron chi connectivity index (χ1n) is 5.04. The molecule has 6 heteroatoms. The normalized spacial score (nSPS) is 10.4. The topological polar surface area (TPSA) is 88.2 Å². The van der Waals surface area contributed by atoms with Gasteiger partial charge < -0.3 is 14.8 Å². The van der Waals surface area contributed by atoms with E-state index in [1.807, 2.05) is 18.2 Å². The minimum Gasteiger partial charge on any atom is -0.475 e. The number of carboxylic acid groups (broad SMARTS) is 1. The summed E-state index contributed by atoms with van der Waals surface area (Å²) in [5.74, 6) is -0.925. The molecule has 0 aliphatic carbocycles. The van der Waals surface area contributed by atoms with Crippen LogP contribution in [-0.4, -0.2) is 21.0 Å².